The van der Waals surface area contributed by atoms with E-state index in [1.54, 1.807) is 6.07 Å². The zero-order valence-electron chi connectivity index (χ0n) is 13.0. The lowest BCUT2D eigenvalue weighted by molar-refractivity contribution is 0.279. The Morgan fingerprint density at radius 2 is 1.95 bits per heavy atom. The first-order valence-electron chi connectivity index (χ1n) is 7.76. The zero-order valence-corrected chi connectivity index (χ0v) is 13.0. The molecular weight excluding hydrogens is 251 g/mol. The Hall–Kier alpha value is -1.09. The molecule has 0 unspecified atom stereocenters. The highest BCUT2D eigenvalue weighted by molar-refractivity contribution is 5.54. The number of nitrogens with one attached hydrogen (secondary N) is 1. The molecule has 1 aromatic rings. The molecule has 1 heterocycles. The maximum absolute atomic E-state index is 14.1. The van der Waals surface area contributed by atoms with Crippen molar-refractivity contribution in [3.05, 3.63) is 29.6 Å². The number of rotatable bonds is 5. The molecule has 1 fully saturated rings. The summed E-state index contributed by atoms with van der Waals surface area (Å²) in [5.74, 6) is -0.0871. The summed E-state index contributed by atoms with van der Waals surface area (Å²) in [5.41, 5.74) is 2.31. The minimum Gasteiger partial charge on any atom is -0.371 e. The molecule has 3 heteroatoms. The van der Waals surface area contributed by atoms with Crippen LogP contribution in [0.5, 0.6) is 0 Å². The zero-order chi connectivity index (χ0) is 14.6. The number of piperidine rings is 1. The molecule has 112 valence electrons. The van der Waals surface area contributed by atoms with Gasteiger partial charge in [-0.3, -0.25) is 0 Å². The van der Waals surface area contributed by atoms with Crippen LogP contribution >= 0.6 is 0 Å². The van der Waals surface area contributed by atoms with Crippen LogP contribution in [0.4, 0.5) is 10.1 Å². The van der Waals surface area contributed by atoms with Gasteiger partial charge in [0, 0.05) is 30.9 Å². The number of nitrogens with zero attached hydrogens (tertiary/aromatic N) is 1. The molecule has 0 spiro atoms. The largest absolute Gasteiger partial charge is 0.371 e. The second-order valence-electron chi connectivity index (χ2n) is 6.57. The fraction of sp³-hybridized carbons (Fsp3) is 0.647. The van der Waals surface area contributed by atoms with Gasteiger partial charge in [-0.15, -0.1) is 0 Å². The lowest BCUT2D eigenvalue weighted by Crippen LogP contribution is -2.38. The van der Waals surface area contributed by atoms with E-state index in [0.717, 1.165) is 37.3 Å². The molecule has 0 amide bonds. The molecule has 0 aliphatic carbocycles. The summed E-state index contributed by atoms with van der Waals surface area (Å²) >= 11 is 0. The summed E-state index contributed by atoms with van der Waals surface area (Å²) < 4.78 is 14.1. The van der Waals surface area contributed by atoms with Crippen LogP contribution in [-0.2, 0) is 6.54 Å². The minimum atomic E-state index is -0.0871. The molecule has 0 atom stereocenters. The summed E-state index contributed by atoms with van der Waals surface area (Å²) in [6, 6.07) is 5.46. The van der Waals surface area contributed by atoms with Crippen molar-refractivity contribution in [3.8, 4) is 0 Å². The smallest absolute Gasteiger partial charge is 0.129 e. The van der Waals surface area contributed by atoms with Crippen LogP contribution in [0.25, 0.3) is 0 Å². The van der Waals surface area contributed by atoms with Crippen molar-refractivity contribution in [2.45, 2.75) is 46.6 Å². The highest BCUT2D eigenvalue weighted by Gasteiger charge is 2.26. The van der Waals surface area contributed by atoms with Crippen LogP contribution in [-0.4, -0.2) is 19.6 Å². The molecule has 0 aromatic heterocycles. The minimum absolute atomic E-state index is 0.0871. The second kappa shape index (κ2) is 6.57. The average Bonchev–Trinajstić information content (AvgIpc) is 2.41. The summed E-state index contributed by atoms with van der Waals surface area (Å²) in [7, 11) is 0. The van der Waals surface area contributed by atoms with Gasteiger partial charge < -0.3 is 10.2 Å². The number of halogens is 1. The Morgan fingerprint density at radius 1 is 1.25 bits per heavy atom. The third-order valence-electron chi connectivity index (χ3n) is 4.28. The van der Waals surface area contributed by atoms with Crippen LogP contribution in [0.2, 0.25) is 0 Å². The molecule has 1 N–H and O–H groups in total. The predicted molar refractivity (Wildman–Crippen MR) is 83.6 cm³/mol. The third-order valence-corrected chi connectivity index (χ3v) is 4.28. The molecule has 20 heavy (non-hydrogen) atoms. The number of hydrogen-bond acceptors (Lipinski definition) is 2. The Labute approximate surface area is 122 Å². The molecule has 0 saturated carbocycles. The van der Waals surface area contributed by atoms with Crippen molar-refractivity contribution in [2.75, 3.05) is 24.5 Å². The molecule has 0 bridgehead atoms. The molecule has 1 aromatic carbocycles. The van der Waals surface area contributed by atoms with Crippen molar-refractivity contribution in [1.29, 1.82) is 0 Å². The van der Waals surface area contributed by atoms with Gasteiger partial charge in [0.2, 0.25) is 0 Å². The van der Waals surface area contributed by atoms with Gasteiger partial charge >= 0.3 is 0 Å². The monoisotopic (exact) mass is 278 g/mol. The quantitative estimate of drug-likeness (QED) is 0.820. The maximum atomic E-state index is 14.1. The first-order chi connectivity index (χ1) is 9.53. The van der Waals surface area contributed by atoms with Crippen LogP contribution in [0, 0.1) is 11.2 Å². The number of benzene rings is 1. The Morgan fingerprint density at radius 3 is 2.60 bits per heavy atom. The standard InChI is InChI=1S/C17H27FN2/c1-4-10-19-13-14-15(18)6-5-7-16(14)20-11-8-17(2,3)9-12-20/h5-7,19H,4,8-13H2,1-3H3. The SMILES string of the molecule is CCCNCc1c(F)cccc1N1CCC(C)(C)CC1. The average molecular weight is 278 g/mol. The third kappa shape index (κ3) is 3.72. The van der Waals surface area contributed by atoms with Crippen LogP contribution in [0.1, 0.15) is 45.6 Å². The van der Waals surface area contributed by atoms with E-state index in [1.807, 2.05) is 6.07 Å². The summed E-state index contributed by atoms with van der Waals surface area (Å²) in [4.78, 5) is 2.34. The number of hydrogen-bond donors (Lipinski definition) is 1. The molecule has 1 saturated heterocycles. The Bertz CT molecular complexity index is 433. The van der Waals surface area contributed by atoms with E-state index in [-0.39, 0.29) is 5.82 Å². The second-order valence-corrected chi connectivity index (χ2v) is 6.57. The van der Waals surface area contributed by atoms with Crippen molar-refractivity contribution in [3.63, 3.8) is 0 Å². The van der Waals surface area contributed by atoms with Crippen molar-refractivity contribution < 1.29 is 4.39 Å². The molecule has 1 aliphatic rings. The van der Waals surface area contributed by atoms with Gasteiger partial charge in [0.05, 0.1) is 0 Å². The lowest BCUT2D eigenvalue weighted by atomic mass is 9.82. The van der Waals surface area contributed by atoms with Gasteiger partial charge in [-0.05, 0) is 43.4 Å². The van der Waals surface area contributed by atoms with Crippen molar-refractivity contribution >= 4 is 5.69 Å². The van der Waals surface area contributed by atoms with E-state index in [2.05, 4.69) is 37.1 Å². The predicted octanol–water partition coefficient (Wildman–Crippen LogP) is 3.95. The highest BCUT2D eigenvalue weighted by Crippen LogP contribution is 2.33. The van der Waals surface area contributed by atoms with Crippen molar-refractivity contribution in [2.24, 2.45) is 5.41 Å². The molecule has 2 nitrogen and oxygen atoms in total. The summed E-state index contributed by atoms with van der Waals surface area (Å²) in [6.07, 6.45) is 3.42. The van der Waals surface area contributed by atoms with Gasteiger partial charge in [-0.2, -0.15) is 0 Å². The molecule has 1 aliphatic heterocycles. The van der Waals surface area contributed by atoms with Gasteiger partial charge in [0.25, 0.3) is 0 Å². The fourth-order valence-corrected chi connectivity index (χ4v) is 2.76. The van der Waals surface area contributed by atoms with Crippen LogP contribution in [0.15, 0.2) is 18.2 Å². The Kier molecular flexibility index (Phi) is 5.03. The van der Waals surface area contributed by atoms with E-state index in [9.17, 15) is 4.39 Å². The van der Waals surface area contributed by atoms with E-state index in [0.29, 0.717) is 12.0 Å². The van der Waals surface area contributed by atoms with Gasteiger partial charge in [-0.1, -0.05) is 26.8 Å². The Balaban J connectivity index is 2.12. The van der Waals surface area contributed by atoms with Gasteiger partial charge in [-0.25, -0.2) is 4.39 Å². The van der Waals surface area contributed by atoms with Crippen LogP contribution in [0.3, 0.4) is 0 Å². The van der Waals surface area contributed by atoms with E-state index >= 15 is 0 Å². The normalized spacial score (nSPS) is 18.3. The van der Waals surface area contributed by atoms with Gasteiger partial charge in [0.1, 0.15) is 5.82 Å². The van der Waals surface area contributed by atoms with E-state index in [4.69, 9.17) is 0 Å². The lowest BCUT2D eigenvalue weighted by Gasteiger charge is -2.39. The van der Waals surface area contributed by atoms with E-state index < -0.39 is 0 Å². The highest BCUT2D eigenvalue weighted by atomic mass is 19.1. The molecule has 2 rings (SSSR count). The first kappa shape index (κ1) is 15.3. The first-order valence-corrected chi connectivity index (χ1v) is 7.76. The van der Waals surface area contributed by atoms with Gasteiger partial charge in [0.15, 0.2) is 0 Å². The van der Waals surface area contributed by atoms with E-state index in [1.165, 1.54) is 12.8 Å². The topological polar surface area (TPSA) is 15.3 Å². The van der Waals surface area contributed by atoms with Crippen molar-refractivity contribution in [1.82, 2.24) is 5.32 Å². The summed E-state index contributed by atoms with van der Waals surface area (Å²) in [5, 5.41) is 3.32. The van der Waals surface area contributed by atoms with Crippen LogP contribution < -0.4 is 10.2 Å². The number of anilines is 1. The molecular formula is C17H27FN2. The fourth-order valence-electron chi connectivity index (χ4n) is 2.76. The summed E-state index contributed by atoms with van der Waals surface area (Å²) in [6.45, 7) is 10.4. The maximum Gasteiger partial charge on any atom is 0.129 e. The molecule has 0 radical (unpaired) electrons.